The number of thiophene rings is 1. The maximum absolute atomic E-state index is 12.6. The van der Waals surface area contributed by atoms with Crippen LogP contribution in [0.3, 0.4) is 0 Å². The molecule has 0 saturated heterocycles. The summed E-state index contributed by atoms with van der Waals surface area (Å²) in [6.07, 6.45) is 1.76. The highest BCUT2D eigenvalue weighted by Gasteiger charge is 2.44. The summed E-state index contributed by atoms with van der Waals surface area (Å²) in [4.78, 5) is 13.8. The maximum Gasteiger partial charge on any atom is 0.228 e. The lowest BCUT2D eigenvalue weighted by atomic mass is 10.0. The molecule has 0 spiro atoms. The number of carbonyl (C=O) groups is 1. The molecule has 4 rings (SSSR count). The van der Waals surface area contributed by atoms with Crippen LogP contribution in [-0.4, -0.2) is 12.5 Å². The van der Waals surface area contributed by atoms with Gasteiger partial charge in [0.15, 0.2) is 0 Å². The van der Waals surface area contributed by atoms with Crippen molar-refractivity contribution in [2.45, 2.75) is 32.2 Å². The van der Waals surface area contributed by atoms with Gasteiger partial charge in [0.05, 0.1) is 5.56 Å². The maximum atomic E-state index is 12.6. The van der Waals surface area contributed by atoms with Crippen LogP contribution in [0.2, 0.25) is 0 Å². The minimum Gasteiger partial charge on any atom is -0.316 e. The fourth-order valence-corrected chi connectivity index (χ4v) is 4.75. The first-order valence-electron chi connectivity index (χ1n) is 8.30. The number of nitriles is 1. The molecule has 2 unspecified atom stereocenters. The zero-order valence-electron chi connectivity index (χ0n) is 13.6. The van der Waals surface area contributed by atoms with E-state index in [1.165, 1.54) is 16.0 Å². The first-order valence-corrected chi connectivity index (χ1v) is 9.12. The highest BCUT2D eigenvalue weighted by molar-refractivity contribution is 7.16. The number of amides is 1. The van der Waals surface area contributed by atoms with Gasteiger partial charge in [-0.05, 0) is 48.9 Å². The standard InChI is InChI=1S/C19H19N3OS/c1-11-4-2-3-5-12(11)14-8-15(14)18(23)22-19-16(9-20)13-6-7-21-10-17(13)24-19/h2-5,14-15,21H,6-8,10H2,1H3,(H,22,23). The predicted octanol–water partition coefficient (Wildman–Crippen LogP) is 3.32. The van der Waals surface area contributed by atoms with Gasteiger partial charge in [0.25, 0.3) is 0 Å². The molecule has 1 aliphatic carbocycles. The quantitative estimate of drug-likeness (QED) is 0.903. The molecular weight excluding hydrogens is 318 g/mol. The molecule has 1 amide bonds. The average Bonchev–Trinajstić information content (AvgIpc) is 3.30. The van der Waals surface area contributed by atoms with Crippen LogP contribution in [0, 0.1) is 24.2 Å². The minimum absolute atomic E-state index is 0.0231. The molecule has 4 nitrogen and oxygen atoms in total. The van der Waals surface area contributed by atoms with Crippen LogP contribution in [0.4, 0.5) is 5.00 Å². The molecule has 1 saturated carbocycles. The van der Waals surface area contributed by atoms with E-state index in [1.54, 1.807) is 11.3 Å². The number of anilines is 1. The molecule has 0 bridgehead atoms. The summed E-state index contributed by atoms with van der Waals surface area (Å²) < 4.78 is 0. The van der Waals surface area contributed by atoms with Crippen LogP contribution in [0.5, 0.6) is 0 Å². The third-order valence-corrected chi connectivity index (χ3v) is 6.14. The Bertz CT molecular complexity index is 849. The molecule has 5 heteroatoms. The van der Waals surface area contributed by atoms with E-state index in [0.717, 1.165) is 36.5 Å². The van der Waals surface area contributed by atoms with Crippen molar-refractivity contribution < 1.29 is 4.79 Å². The van der Waals surface area contributed by atoms with Gasteiger partial charge in [-0.2, -0.15) is 5.26 Å². The van der Waals surface area contributed by atoms with Crippen LogP contribution in [0.1, 0.15) is 39.5 Å². The third kappa shape index (κ3) is 2.62. The van der Waals surface area contributed by atoms with E-state index < -0.39 is 0 Å². The van der Waals surface area contributed by atoms with Crippen LogP contribution >= 0.6 is 11.3 Å². The summed E-state index contributed by atoms with van der Waals surface area (Å²) in [6.45, 7) is 3.78. The number of hydrogen-bond donors (Lipinski definition) is 2. The number of aryl methyl sites for hydroxylation is 1. The molecule has 2 aliphatic rings. The molecule has 1 aromatic heterocycles. The zero-order chi connectivity index (χ0) is 16.7. The SMILES string of the molecule is Cc1ccccc1C1CC1C(=O)Nc1sc2c(c1C#N)CCNC2. The predicted molar refractivity (Wildman–Crippen MR) is 95.1 cm³/mol. The molecule has 0 radical (unpaired) electrons. The molecular formula is C19H19N3OS. The molecule has 122 valence electrons. The van der Waals surface area contributed by atoms with E-state index in [0.29, 0.717) is 11.5 Å². The van der Waals surface area contributed by atoms with Gasteiger partial charge in [-0.25, -0.2) is 0 Å². The lowest BCUT2D eigenvalue weighted by Crippen LogP contribution is -2.22. The van der Waals surface area contributed by atoms with Crippen molar-refractivity contribution in [3.05, 3.63) is 51.4 Å². The van der Waals surface area contributed by atoms with Crippen molar-refractivity contribution in [2.75, 3.05) is 11.9 Å². The van der Waals surface area contributed by atoms with Crippen LogP contribution in [-0.2, 0) is 17.8 Å². The Kier molecular flexibility index (Phi) is 3.87. The van der Waals surface area contributed by atoms with Gasteiger partial charge in [-0.3, -0.25) is 4.79 Å². The number of rotatable bonds is 3. The molecule has 2 atom stereocenters. The fraction of sp³-hybridized carbons (Fsp3) is 0.368. The summed E-state index contributed by atoms with van der Waals surface area (Å²) in [5.41, 5.74) is 4.29. The Hall–Kier alpha value is -2.16. The smallest absolute Gasteiger partial charge is 0.228 e. The first-order chi connectivity index (χ1) is 11.7. The Morgan fingerprint density at radius 1 is 1.42 bits per heavy atom. The molecule has 1 fully saturated rings. The highest BCUT2D eigenvalue weighted by Crippen LogP contribution is 2.49. The third-order valence-electron chi connectivity index (χ3n) is 4.99. The molecule has 24 heavy (non-hydrogen) atoms. The molecule has 2 aromatic rings. The molecule has 2 N–H and O–H groups in total. The lowest BCUT2D eigenvalue weighted by molar-refractivity contribution is -0.117. The largest absolute Gasteiger partial charge is 0.316 e. The van der Waals surface area contributed by atoms with Gasteiger partial charge in [-0.1, -0.05) is 24.3 Å². The summed E-state index contributed by atoms with van der Waals surface area (Å²) in [7, 11) is 0. The van der Waals surface area contributed by atoms with Crippen LogP contribution < -0.4 is 10.6 Å². The normalized spacial score (nSPS) is 21.7. The zero-order valence-corrected chi connectivity index (χ0v) is 14.4. The Balaban J connectivity index is 1.51. The van der Waals surface area contributed by atoms with Gasteiger partial charge >= 0.3 is 0 Å². The summed E-state index contributed by atoms with van der Waals surface area (Å²) >= 11 is 1.54. The average molecular weight is 337 g/mol. The van der Waals surface area contributed by atoms with Crippen molar-refractivity contribution in [1.29, 1.82) is 5.26 Å². The van der Waals surface area contributed by atoms with Crippen molar-refractivity contribution >= 4 is 22.2 Å². The van der Waals surface area contributed by atoms with Crippen LogP contribution in [0.25, 0.3) is 0 Å². The van der Waals surface area contributed by atoms with Gasteiger partial charge in [0.2, 0.25) is 5.91 Å². The number of benzene rings is 1. The highest BCUT2D eigenvalue weighted by atomic mass is 32.1. The van der Waals surface area contributed by atoms with E-state index in [9.17, 15) is 10.1 Å². The van der Waals surface area contributed by atoms with Gasteiger partial charge in [0.1, 0.15) is 11.1 Å². The number of hydrogen-bond acceptors (Lipinski definition) is 4. The van der Waals surface area contributed by atoms with E-state index in [1.807, 2.05) is 12.1 Å². The number of fused-ring (bicyclic) bond motifs is 1. The Morgan fingerprint density at radius 3 is 3.04 bits per heavy atom. The second-order valence-corrected chi connectivity index (χ2v) is 7.65. The second-order valence-electron chi connectivity index (χ2n) is 6.54. The summed E-state index contributed by atoms with van der Waals surface area (Å²) in [5.74, 6) is 0.384. The van der Waals surface area contributed by atoms with Crippen LogP contribution in [0.15, 0.2) is 24.3 Å². The second kappa shape index (κ2) is 6.04. The summed E-state index contributed by atoms with van der Waals surface area (Å²) in [5, 5.41) is 16.6. The van der Waals surface area contributed by atoms with E-state index in [-0.39, 0.29) is 11.8 Å². The molecule has 1 aliphatic heterocycles. The van der Waals surface area contributed by atoms with Gasteiger partial charge < -0.3 is 10.6 Å². The van der Waals surface area contributed by atoms with E-state index in [2.05, 4.69) is 35.8 Å². The monoisotopic (exact) mass is 337 g/mol. The van der Waals surface area contributed by atoms with Crippen molar-refractivity contribution in [3.8, 4) is 6.07 Å². The Labute approximate surface area is 145 Å². The number of nitrogens with zero attached hydrogens (tertiary/aromatic N) is 1. The first kappa shape index (κ1) is 15.4. The molecule has 1 aromatic carbocycles. The summed E-state index contributed by atoms with van der Waals surface area (Å²) in [6, 6.07) is 10.6. The van der Waals surface area contributed by atoms with Crippen molar-refractivity contribution in [3.63, 3.8) is 0 Å². The minimum atomic E-state index is 0.0231. The van der Waals surface area contributed by atoms with E-state index in [4.69, 9.17) is 0 Å². The van der Waals surface area contributed by atoms with Gasteiger partial charge in [0, 0.05) is 17.3 Å². The lowest BCUT2D eigenvalue weighted by Gasteiger charge is -2.11. The fourth-order valence-electron chi connectivity index (χ4n) is 3.58. The Morgan fingerprint density at radius 2 is 2.25 bits per heavy atom. The van der Waals surface area contributed by atoms with Crippen molar-refractivity contribution in [2.24, 2.45) is 5.92 Å². The molecule has 2 heterocycles. The topological polar surface area (TPSA) is 64.9 Å². The van der Waals surface area contributed by atoms with E-state index >= 15 is 0 Å². The van der Waals surface area contributed by atoms with Gasteiger partial charge in [-0.15, -0.1) is 11.3 Å². The number of carbonyl (C=O) groups excluding carboxylic acids is 1. The number of nitrogens with one attached hydrogen (secondary N) is 2. The van der Waals surface area contributed by atoms with Crippen molar-refractivity contribution in [1.82, 2.24) is 5.32 Å².